The normalized spacial score (nSPS) is 31.4. The maximum atomic E-state index is 8.88. The topological polar surface area (TPSA) is 47.9 Å². The van der Waals surface area contributed by atoms with Crippen LogP contribution in [0.15, 0.2) is 12.2 Å². The van der Waals surface area contributed by atoms with Crippen LogP contribution in [0.25, 0.3) is 0 Å². The minimum atomic E-state index is -0.758. The second-order valence-corrected chi connectivity index (χ2v) is 4.01. The first-order valence-corrected chi connectivity index (χ1v) is 4.75. The van der Waals surface area contributed by atoms with Gasteiger partial charge in [0.25, 0.3) is 0 Å². The van der Waals surface area contributed by atoms with Crippen molar-refractivity contribution in [2.45, 2.75) is 45.2 Å². The van der Waals surface area contributed by atoms with E-state index in [9.17, 15) is 0 Å². The first-order chi connectivity index (χ1) is 6.46. The van der Waals surface area contributed by atoms with Crippen molar-refractivity contribution in [1.82, 2.24) is 0 Å². The Morgan fingerprint density at radius 3 is 2.64 bits per heavy atom. The van der Waals surface area contributed by atoms with Crippen LogP contribution < -0.4 is 0 Å². The molecular weight excluding hydrogens is 184 g/mol. The molecule has 0 spiro atoms. The summed E-state index contributed by atoms with van der Waals surface area (Å²) in [6.07, 6.45) is 0.0287. The maximum absolute atomic E-state index is 8.88. The Morgan fingerprint density at radius 2 is 2.14 bits per heavy atom. The highest BCUT2D eigenvalue weighted by Gasteiger charge is 2.38. The summed E-state index contributed by atoms with van der Waals surface area (Å²) < 4.78 is 5.62. The molecule has 0 aromatic carbocycles. The van der Waals surface area contributed by atoms with Crippen LogP contribution in [-0.4, -0.2) is 29.7 Å². The van der Waals surface area contributed by atoms with Crippen molar-refractivity contribution in [3.05, 3.63) is 12.2 Å². The Hall–Kier alpha value is -0.420. The third kappa shape index (κ3) is 2.78. The first kappa shape index (κ1) is 11.7. The van der Waals surface area contributed by atoms with E-state index in [-0.39, 0.29) is 18.8 Å². The van der Waals surface area contributed by atoms with E-state index in [0.29, 0.717) is 6.42 Å². The van der Waals surface area contributed by atoms with Crippen LogP contribution in [0, 0.1) is 0 Å². The molecule has 0 aromatic heterocycles. The molecule has 0 bridgehead atoms. The Kier molecular flexibility index (Phi) is 3.66. The molecule has 0 saturated carbocycles. The van der Waals surface area contributed by atoms with Gasteiger partial charge in [0.1, 0.15) is 6.10 Å². The summed E-state index contributed by atoms with van der Waals surface area (Å²) in [4.78, 5) is 10.2. The van der Waals surface area contributed by atoms with E-state index < -0.39 is 5.79 Å². The van der Waals surface area contributed by atoms with Crippen LogP contribution in [0.4, 0.5) is 0 Å². The van der Waals surface area contributed by atoms with E-state index in [1.54, 1.807) is 13.8 Å². The average Bonchev–Trinajstić information content (AvgIpc) is 2.02. The molecule has 14 heavy (non-hydrogen) atoms. The highest BCUT2D eigenvalue weighted by Crippen LogP contribution is 2.28. The van der Waals surface area contributed by atoms with Crippen LogP contribution >= 0.6 is 0 Å². The summed E-state index contributed by atoms with van der Waals surface area (Å²) in [6.45, 7) is 9.24. The average molecular weight is 202 g/mol. The Morgan fingerprint density at radius 1 is 1.50 bits per heavy atom. The predicted octanol–water partition coefficient (Wildman–Crippen LogP) is 1.40. The molecule has 1 N–H and O–H groups in total. The fraction of sp³-hybridized carbons (Fsp3) is 0.800. The molecule has 2 atom stereocenters. The van der Waals surface area contributed by atoms with E-state index in [1.807, 2.05) is 6.92 Å². The van der Waals surface area contributed by atoms with Gasteiger partial charge in [-0.25, -0.2) is 9.78 Å². The standard InChI is InChI=1S/C10H18O4/c1-7(2)9-8(5-6-11)12-10(3,4)14-13-9/h8-9,11H,1,5-6H2,2-4H3/t8-,9-/m1/s1. The van der Waals surface area contributed by atoms with Crippen LogP contribution in [0.1, 0.15) is 27.2 Å². The molecule has 0 radical (unpaired) electrons. The van der Waals surface area contributed by atoms with E-state index >= 15 is 0 Å². The highest BCUT2D eigenvalue weighted by atomic mass is 17.2. The summed E-state index contributed by atoms with van der Waals surface area (Å²) in [6, 6.07) is 0. The number of hydrogen-bond acceptors (Lipinski definition) is 4. The first-order valence-electron chi connectivity index (χ1n) is 4.75. The Balaban J connectivity index is 2.65. The summed E-state index contributed by atoms with van der Waals surface area (Å²) >= 11 is 0. The number of hydrogen-bond donors (Lipinski definition) is 1. The van der Waals surface area contributed by atoms with Gasteiger partial charge in [-0.1, -0.05) is 6.58 Å². The van der Waals surface area contributed by atoms with Crippen molar-refractivity contribution in [1.29, 1.82) is 0 Å². The number of aliphatic hydroxyl groups is 1. The molecule has 4 heteroatoms. The Bertz CT molecular complexity index is 212. The van der Waals surface area contributed by atoms with Gasteiger partial charge in [-0.3, -0.25) is 0 Å². The van der Waals surface area contributed by atoms with E-state index in [0.717, 1.165) is 5.57 Å². The van der Waals surface area contributed by atoms with Gasteiger partial charge in [0, 0.05) is 6.61 Å². The number of rotatable bonds is 3. The lowest BCUT2D eigenvalue weighted by molar-refractivity contribution is -0.487. The third-order valence-corrected chi connectivity index (χ3v) is 2.02. The zero-order valence-corrected chi connectivity index (χ0v) is 8.95. The van der Waals surface area contributed by atoms with Crippen LogP contribution in [0.5, 0.6) is 0 Å². The fourth-order valence-corrected chi connectivity index (χ4v) is 1.41. The van der Waals surface area contributed by atoms with Gasteiger partial charge in [0.05, 0.1) is 6.10 Å². The minimum Gasteiger partial charge on any atom is -0.396 e. The van der Waals surface area contributed by atoms with Crippen LogP contribution in [-0.2, 0) is 14.5 Å². The van der Waals surface area contributed by atoms with Gasteiger partial charge in [-0.15, -0.1) is 0 Å². The smallest absolute Gasteiger partial charge is 0.196 e. The molecule has 0 amide bonds. The maximum Gasteiger partial charge on any atom is 0.196 e. The zero-order chi connectivity index (χ0) is 10.8. The van der Waals surface area contributed by atoms with Gasteiger partial charge in [-0.05, 0) is 32.8 Å². The SMILES string of the molecule is C=C(C)[C@H]1OOC(C)(C)O[C@@H]1CCO. The third-order valence-electron chi connectivity index (χ3n) is 2.02. The molecule has 0 unspecified atom stereocenters. The lowest BCUT2D eigenvalue weighted by Crippen LogP contribution is -2.48. The molecular formula is C10H18O4. The van der Waals surface area contributed by atoms with Crippen molar-refractivity contribution in [3.8, 4) is 0 Å². The molecule has 0 aliphatic carbocycles. The molecule has 1 fully saturated rings. The van der Waals surface area contributed by atoms with Gasteiger partial charge in [0.15, 0.2) is 5.79 Å². The quantitative estimate of drug-likeness (QED) is 0.555. The second-order valence-electron chi connectivity index (χ2n) is 4.01. The second kappa shape index (κ2) is 4.40. The monoisotopic (exact) mass is 202 g/mol. The molecule has 82 valence electrons. The summed E-state index contributed by atoms with van der Waals surface area (Å²) in [5.41, 5.74) is 0.832. The van der Waals surface area contributed by atoms with Crippen molar-refractivity contribution in [2.75, 3.05) is 6.61 Å². The van der Waals surface area contributed by atoms with Gasteiger partial charge < -0.3 is 9.84 Å². The van der Waals surface area contributed by atoms with Gasteiger partial charge in [-0.2, -0.15) is 0 Å². The Labute approximate surface area is 84.4 Å². The van der Waals surface area contributed by atoms with Crippen molar-refractivity contribution in [2.24, 2.45) is 0 Å². The fourth-order valence-electron chi connectivity index (χ4n) is 1.41. The molecule has 0 aromatic rings. The van der Waals surface area contributed by atoms with E-state index in [4.69, 9.17) is 19.6 Å². The van der Waals surface area contributed by atoms with Crippen molar-refractivity contribution >= 4 is 0 Å². The molecule has 1 rings (SSSR count). The van der Waals surface area contributed by atoms with Crippen molar-refractivity contribution < 1.29 is 19.6 Å². The molecule has 4 nitrogen and oxygen atoms in total. The summed E-state index contributed by atoms with van der Waals surface area (Å²) in [5, 5.41) is 8.88. The van der Waals surface area contributed by atoms with Crippen LogP contribution in [0.2, 0.25) is 0 Å². The molecule has 1 saturated heterocycles. The van der Waals surface area contributed by atoms with Gasteiger partial charge in [0.2, 0.25) is 0 Å². The summed E-state index contributed by atoms with van der Waals surface area (Å²) in [7, 11) is 0. The molecule has 1 aliphatic rings. The number of ether oxygens (including phenoxy) is 1. The largest absolute Gasteiger partial charge is 0.396 e. The molecule has 1 heterocycles. The lowest BCUT2D eigenvalue weighted by Gasteiger charge is -2.39. The van der Waals surface area contributed by atoms with E-state index in [2.05, 4.69) is 6.58 Å². The minimum absolute atomic E-state index is 0.0634. The lowest BCUT2D eigenvalue weighted by atomic mass is 10.0. The van der Waals surface area contributed by atoms with Gasteiger partial charge >= 0.3 is 0 Å². The van der Waals surface area contributed by atoms with Crippen molar-refractivity contribution in [3.63, 3.8) is 0 Å². The zero-order valence-electron chi connectivity index (χ0n) is 8.95. The highest BCUT2D eigenvalue weighted by molar-refractivity contribution is 5.02. The predicted molar refractivity (Wildman–Crippen MR) is 51.4 cm³/mol. The number of aliphatic hydroxyl groups excluding tert-OH is 1. The molecule has 1 aliphatic heterocycles. The van der Waals surface area contributed by atoms with E-state index in [1.165, 1.54) is 0 Å². The summed E-state index contributed by atoms with van der Waals surface area (Å²) in [5.74, 6) is -0.758. The van der Waals surface area contributed by atoms with Crippen LogP contribution in [0.3, 0.4) is 0 Å².